The summed E-state index contributed by atoms with van der Waals surface area (Å²) in [5, 5.41) is 12.3. The predicted molar refractivity (Wildman–Crippen MR) is 75.4 cm³/mol. The lowest BCUT2D eigenvalue weighted by molar-refractivity contribution is 0.0659. The summed E-state index contributed by atoms with van der Waals surface area (Å²) in [7, 11) is 0. The molecule has 19 heavy (non-hydrogen) atoms. The van der Waals surface area contributed by atoms with Crippen LogP contribution in [0.25, 0.3) is 0 Å². The van der Waals surface area contributed by atoms with Gasteiger partial charge in [-0.2, -0.15) is 0 Å². The van der Waals surface area contributed by atoms with E-state index in [1.54, 1.807) is 6.07 Å². The summed E-state index contributed by atoms with van der Waals surface area (Å²) in [5.41, 5.74) is 0. The molecule has 0 saturated carbocycles. The SMILES string of the molecule is CC(C)CCCC(C)NC(C)c1ccc(C(=O)O)o1. The highest BCUT2D eigenvalue weighted by atomic mass is 16.4. The van der Waals surface area contributed by atoms with E-state index in [0.717, 1.165) is 12.3 Å². The number of carbonyl (C=O) groups is 1. The summed E-state index contributed by atoms with van der Waals surface area (Å²) in [5.74, 6) is 0.389. The quantitative estimate of drug-likeness (QED) is 0.751. The maximum absolute atomic E-state index is 10.8. The third-order valence-electron chi connectivity index (χ3n) is 3.22. The summed E-state index contributed by atoms with van der Waals surface area (Å²) in [6.45, 7) is 8.61. The zero-order valence-electron chi connectivity index (χ0n) is 12.3. The number of carboxylic acids is 1. The van der Waals surface area contributed by atoms with E-state index in [9.17, 15) is 4.79 Å². The Balaban J connectivity index is 2.40. The fourth-order valence-electron chi connectivity index (χ4n) is 2.13. The predicted octanol–water partition coefficient (Wildman–Crippen LogP) is 3.84. The van der Waals surface area contributed by atoms with Gasteiger partial charge in [0.1, 0.15) is 5.76 Å². The number of hydrogen-bond donors (Lipinski definition) is 2. The van der Waals surface area contributed by atoms with Crippen LogP contribution in [0, 0.1) is 5.92 Å². The molecule has 0 aromatic carbocycles. The number of furan rings is 1. The van der Waals surface area contributed by atoms with Crippen LogP contribution in [-0.4, -0.2) is 17.1 Å². The van der Waals surface area contributed by atoms with E-state index in [0.29, 0.717) is 11.8 Å². The standard InChI is InChI=1S/C15H25NO3/c1-10(2)6-5-7-11(3)16-12(4)13-8-9-14(19-13)15(17)18/h8-12,16H,5-7H2,1-4H3,(H,17,18). The maximum atomic E-state index is 10.8. The first-order valence-electron chi connectivity index (χ1n) is 6.99. The molecule has 0 radical (unpaired) electrons. The van der Waals surface area contributed by atoms with Gasteiger partial charge in [0.25, 0.3) is 0 Å². The molecular weight excluding hydrogens is 242 g/mol. The highest BCUT2D eigenvalue weighted by Gasteiger charge is 2.15. The Bertz CT molecular complexity index is 398. The van der Waals surface area contributed by atoms with Gasteiger partial charge in [0.05, 0.1) is 6.04 Å². The number of nitrogens with one attached hydrogen (secondary N) is 1. The van der Waals surface area contributed by atoms with Crippen LogP contribution in [0.3, 0.4) is 0 Å². The van der Waals surface area contributed by atoms with Crippen LogP contribution in [-0.2, 0) is 0 Å². The molecule has 0 fully saturated rings. The second-order valence-corrected chi connectivity index (χ2v) is 5.62. The largest absolute Gasteiger partial charge is 0.475 e. The molecular formula is C15H25NO3. The zero-order valence-corrected chi connectivity index (χ0v) is 12.3. The third kappa shape index (κ3) is 5.47. The molecule has 0 spiro atoms. The summed E-state index contributed by atoms with van der Waals surface area (Å²) in [6.07, 6.45) is 3.57. The van der Waals surface area contributed by atoms with Crippen LogP contribution < -0.4 is 5.32 Å². The van der Waals surface area contributed by atoms with Gasteiger partial charge >= 0.3 is 5.97 Å². The Morgan fingerprint density at radius 1 is 1.26 bits per heavy atom. The van der Waals surface area contributed by atoms with Gasteiger partial charge in [-0.3, -0.25) is 0 Å². The van der Waals surface area contributed by atoms with Crippen molar-refractivity contribution in [2.24, 2.45) is 5.92 Å². The minimum absolute atomic E-state index is 0.00360. The molecule has 2 N–H and O–H groups in total. The van der Waals surface area contributed by atoms with Gasteiger partial charge in [0.2, 0.25) is 5.76 Å². The summed E-state index contributed by atoms with van der Waals surface area (Å²) in [4.78, 5) is 10.8. The van der Waals surface area contributed by atoms with E-state index >= 15 is 0 Å². The van der Waals surface area contributed by atoms with Gasteiger partial charge in [-0.05, 0) is 38.3 Å². The van der Waals surface area contributed by atoms with Crippen molar-refractivity contribution >= 4 is 5.97 Å². The molecule has 108 valence electrons. The monoisotopic (exact) mass is 267 g/mol. The molecule has 0 aliphatic rings. The van der Waals surface area contributed by atoms with Crippen molar-refractivity contribution in [3.63, 3.8) is 0 Å². The molecule has 1 rings (SSSR count). The molecule has 2 atom stereocenters. The van der Waals surface area contributed by atoms with E-state index in [2.05, 4.69) is 26.1 Å². The molecule has 4 heteroatoms. The van der Waals surface area contributed by atoms with Gasteiger partial charge < -0.3 is 14.8 Å². The maximum Gasteiger partial charge on any atom is 0.371 e. The first-order chi connectivity index (χ1) is 8.90. The van der Waals surface area contributed by atoms with Crippen LogP contribution in [0.2, 0.25) is 0 Å². The lowest BCUT2D eigenvalue weighted by Crippen LogP contribution is -2.28. The molecule has 2 unspecified atom stereocenters. The fraction of sp³-hybridized carbons (Fsp3) is 0.667. The fourth-order valence-corrected chi connectivity index (χ4v) is 2.13. The molecule has 1 aromatic rings. The number of carboxylic acid groups (broad SMARTS) is 1. The minimum Gasteiger partial charge on any atom is -0.475 e. The average Bonchev–Trinajstić information content (AvgIpc) is 2.77. The Hall–Kier alpha value is -1.29. The van der Waals surface area contributed by atoms with Crippen LogP contribution in [0.15, 0.2) is 16.5 Å². The Kier molecular flexibility index (Phi) is 6.09. The van der Waals surface area contributed by atoms with Crippen molar-refractivity contribution in [1.29, 1.82) is 0 Å². The third-order valence-corrected chi connectivity index (χ3v) is 3.22. The average molecular weight is 267 g/mol. The van der Waals surface area contributed by atoms with Gasteiger partial charge in [-0.15, -0.1) is 0 Å². The second-order valence-electron chi connectivity index (χ2n) is 5.62. The molecule has 0 aliphatic carbocycles. The van der Waals surface area contributed by atoms with Gasteiger partial charge in [0.15, 0.2) is 0 Å². The topological polar surface area (TPSA) is 62.5 Å². The highest BCUT2D eigenvalue weighted by Crippen LogP contribution is 2.18. The van der Waals surface area contributed by atoms with Gasteiger partial charge in [-0.1, -0.05) is 26.7 Å². The molecule has 1 aromatic heterocycles. The number of hydrogen-bond acceptors (Lipinski definition) is 3. The van der Waals surface area contributed by atoms with E-state index in [1.165, 1.54) is 18.9 Å². The van der Waals surface area contributed by atoms with Crippen molar-refractivity contribution in [2.45, 2.75) is 59.0 Å². The molecule has 1 heterocycles. The Labute approximate surface area is 115 Å². The van der Waals surface area contributed by atoms with E-state index < -0.39 is 5.97 Å². The van der Waals surface area contributed by atoms with Gasteiger partial charge in [0, 0.05) is 6.04 Å². The van der Waals surface area contributed by atoms with Gasteiger partial charge in [-0.25, -0.2) is 4.79 Å². The van der Waals surface area contributed by atoms with E-state index in [4.69, 9.17) is 9.52 Å². The molecule has 0 amide bonds. The Morgan fingerprint density at radius 3 is 2.47 bits per heavy atom. The number of aromatic carboxylic acids is 1. The van der Waals surface area contributed by atoms with E-state index in [-0.39, 0.29) is 11.8 Å². The zero-order chi connectivity index (χ0) is 14.4. The minimum atomic E-state index is -1.02. The van der Waals surface area contributed by atoms with Crippen molar-refractivity contribution in [3.05, 3.63) is 23.7 Å². The molecule has 0 saturated heterocycles. The normalized spacial score (nSPS) is 14.6. The van der Waals surface area contributed by atoms with Crippen molar-refractivity contribution in [2.75, 3.05) is 0 Å². The lowest BCUT2D eigenvalue weighted by Gasteiger charge is -2.18. The van der Waals surface area contributed by atoms with E-state index in [1.807, 2.05) is 6.92 Å². The lowest BCUT2D eigenvalue weighted by atomic mass is 10.0. The first-order valence-corrected chi connectivity index (χ1v) is 6.99. The molecule has 0 bridgehead atoms. The van der Waals surface area contributed by atoms with Crippen LogP contribution in [0.1, 0.15) is 69.3 Å². The van der Waals surface area contributed by atoms with Crippen LogP contribution in [0.5, 0.6) is 0 Å². The van der Waals surface area contributed by atoms with Crippen LogP contribution in [0.4, 0.5) is 0 Å². The number of rotatable bonds is 8. The highest BCUT2D eigenvalue weighted by molar-refractivity contribution is 5.84. The Morgan fingerprint density at radius 2 is 1.95 bits per heavy atom. The second kappa shape index (κ2) is 7.34. The van der Waals surface area contributed by atoms with Crippen LogP contribution >= 0.6 is 0 Å². The van der Waals surface area contributed by atoms with Crippen molar-refractivity contribution in [1.82, 2.24) is 5.32 Å². The summed E-state index contributed by atoms with van der Waals surface area (Å²) >= 11 is 0. The molecule has 4 nitrogen and oxygen atoms in total. The summed E-state index contributed by atoms with van der Waals surface area (Å²) in [6, 6.07) is 3.65. The first kappa shape index (κ1) is 15.8. The van der Waals surface area contributed by atoms with Crippen molar-refractivity contribution in [3.8, 4) is 0 Å². The smallest absolute Gasteiger partial charge is 0.371 e. The molecule has 0 aliphatic heterocycles. The van der Waals surface area contributed by atoms with Crippen molar-refractivity contribution < 1.29 is 14.3 Å². The summed E-state index contributed by atoms with van der Waals surface area (Å²) < 4.78 is 5.29.